The van der Waals surface area contributed by atoms with Gasteiger partial charge in [0.25, 0.3) is 0 Å². The van der Waals surface area contributed by atoms with E-state index in [0.29, 0.717) is 0 Å². The van der Waals surface area contributed by atoms with E-state index in [0.717, 1.165) is 17.9 Å². The van der Waals surface area contributed by atoms with Crippen molar-refractivity contribution in [1.82, 2.24) is 5.32 Å². The summed E-state index contributed by atoms with van der Waals surface area (Å²) in [5, 5.41) is 3.72. The second kappa shape index (κ2) is 6.21. The fourth-order valence-electron chi connectivity index (χ4n) is 3.88. The second-order valence-electron chi connectivity index (χ2n) is 6.64. The number of likely N-dealkylation sites (N-methyl/N-ethyl adjacent to an activating group) is 1. The molecule has 0 radical (unpaired) electrons. The molecule has 18 heavy (non-hydrogen) atoms. The average molecular weight is 251 g/mol. The van der Waals surface area contributed by atoms with Gasteiger partial charge in [0.1, 0.15) is 0 Å². The Hall–Kier alpha value is -0.340. The quantitative estimate of drug-likeness (QED) is 0.565. The number of nitrogens with one attached hydrogen (secondary N) is 1. The van der Waals surface area contributed by atoms with E-state index in [4.69, 9.17) is 0 Å². The highest BCUT2D eigenvalue weighted by molar-refractivity contribution is 4.96. The zero-order valence-corrected chi connectivity index (χ0v) is 12.5. The molecule has 1 saturated heterocycles. The molecule has 0 aromatic rings. The summed E-state index contributed by atoms with van der Waals surface area (Å²) in [6.45, 7) is 9.87. The van der Waals surface area contributed by atoms with Gasteiger partial charge in [-0.3, -0.25) is 0 Å². The highest BCUT2D eigenvalue weighted by Gasteiger charge is 2.41. The van der Waals surface area contributed by atoms with Crippen LogP contribution in [0.2, 0.25) is 0 Å². The molecule has 2 atom stereocenters. The third-order valence-electron chi connectivity index (χ3n) is 5.13. The largest absolute Gasteiger partial charge is 0.324 e. The lowest BCUT2D eigenvalue weighted by molar-refractivity contribution is -0.899. The Morgan fingerprint density at radius 1 is 1.11 bits per heavy atom. The van der Waals surface area contributed by atoms with Crippen molar-refractivity contribution in [3.05, 3.63) is 12.2 Å². The lowest BCUT2D eigenvalue weighted by Crippen LogP contribution is -2.47. The number of likely N-dealkylation sites (tertiary alicyclic amines) is 1. The maximum absolute atomic E-state index is 3.72. The number of allylic oxidation sites excluding steroid dienone is 2. The van der Waals surface area contributed by atoms with E-state index in [1.54, 1.807) is 0 Å². The summed E-state index contributed by atoms with van der Waals surface area (Å²) in [6.07, 6.45) is 9.99. The molecule has 0 saturated carbocycles. The third-order valence-corrected chi connectivity index (χ3v) is 5.13. The molecule has 0 aromatic carbocycles. The van der Waals surface area contributed by atoms with Crippen molar-refractivity contribution < 1.29 is 4.48 Å². The van der Waals surface area contributed by atoms with Crippen LogP contribution in [0, 0.1) is 11.8 Å². The normalized spacial score (nSPS) is 35.1. The Morgan fingerprint density at radius 3 is 2.17 bits per heavy atom. The molecule has 2 nitrogen and oxygen atoms in total. The molecule has 0 aromatic heterocycles. The van der Waals surface area contributed by atoms with Gasteiger partial charge in [0.15, 0.2) is 0 Å². The van der Waals surface area contributed by atoms with Crippen LogP contribution in [0.25, 0.3) is 0 Å². The summed E-state index contributed by atoms with van der Waals surface area (Å²) < 4.78 is 1.30. The third kappa shape index (κ3) is 3.36. The molecule has 1 aliphatic heterocycles. The smallest absolute Gasteiger partial charge is 0.0911 e. The summed E-state index contributed by atoms with van der Waals surface area (Å²) in [4.78, 5) is 0. The van der Waals surface area contributed by atoms with Crippen LogP contribution in [0.15, 0.2) is 12.2 Å². The van der Waals surface area contributed by atoms with Gasteiger partial charge in [-0.2, -0.15) is 0 Å². The Morgan fingerprint density at radius 2 is 1.67 bits per heavy atom. The molecule has 2 rings (SSSR count). The second-order valence-corrected chi connectivity index (χ2v) is 6.64. The van der Waals surface area contributed by atoms with Crippen LogP contribution in [-0.4, -0.2) is 43.8 Å². The Labute approximate surface area is 113 Å². The predicted octanol–water partition coefficient (Wildman–Crippen LogP) is 2.81. The van der Waals surface area contributed by atoms with E-state index in [9.17, 15) is 0 Å². The minimum Gasteiger partial charge on any atom is -0.324 e. The van der Waals surface area contributed by atoms with Gasteiger partial charge in [-0.1, -0.05) is 26.0 Å². The Bertz CT molecular complexity index is 265. The molecule has 2 aliphatic rings. The number of quaternary nitrogens is 1. The van der Waals surface area contributed by atoms with Gasteiger partial charge in [0.05, 0.1) is 26.7 Å². The average Bonchev–Trinajstić information content (AvgIpc) is 2.71. The van der Waals surface area contributed by atoms with Crippen LogP contribution >= 0.6 is 0 Å². The maximum atomic E-state index is 3.72. The molecule has 0 amide bonds. The van der Waals surface area contributed by atoms with E-state index >= 15 is 0 Å². The van der Waals surface area contributed by atoms with E-state index in [1.807, 2.05) is 0 Å². The SMILES string of the molecule is CCC(CC)NCC[N+]1(C)CC2CC=CCC2C1. The molecule has 1 fully saturated rings. The molecule has 104 valence electrons. The van der Waals surface area contributed by atoms with Crippen molar-refractivity contribution in [3.8, 4) is 0 Å². The topological polar surface area (TPSA) is 12.0 Å². The first kappa shape index (κ1) is 14.1. The molecular formula is C16H31N2+. The van der Waals surface area contributed by atoms with Gasteiger partial charge in [-0.25, -0.2) is 0 Å². The number of rotatable bonds is 6. The van der Waals surface area contributed by atoms with E-state index in [-0.39, 0.29) is 0 Å². The molecule has 1 heterocycles. The van der Waals surface area contributed by atoms with Gasteiger partial charge in [-0.15, -0.1) is 0 Å². The van der Waals surface area contributed by atoms with Crippen LogP contribution in [-0.2, 0) is 0 Å². The highest BCUT2D eigenvalue weighted by atomic mass is 15.4. The van der Waals surface area contributed by atoms with Crippen LogP contribution < -0.4 is 5.32 Å². The lowest BCUT2D eigenvalue weighted by atomic mass is 9.86. The molecule has 0 spiro atoms. The summed E-state index contributed by atoms with van der Waals surface area (Å²) in [6, 6.07) is 0.725. The van der Waals surface area contributed by atoms with Gasteiger partial charge < -0.3 is 9.80 Å². The summed E-state index contributed by atoms with van der Waals surface area (Å²) >= 11 is 0. The molecule has 1 N–H and O–H groups in total. The number of hydrogen-bond donors (Lipinski definition) is 1. The van der Waals surface area contributed by atoms with Crippen molar-refractivity contribution in [2.75, 3.05) is 33.2 Å². The van der Waals surface area contributed by atoms with Gasteiger partial charge in [0, 0.05) is 24.4 Å². The zero-order chi connectivity index (χ0) is 13.0. The van der Waals surface area contributed by atoms with Crippen molar-refractivity contribution >= 4 is 0 Å². The van der Waals surface area contributed by atoms with Crippen molar-refractivity contribution in [1.29, 1.82) is 0 Å². The lowest BCUT2D eigenvalue weighted by Gasteiger charge is -2.31. The number of hydrogen-bond acceptors (Lipinski definition) is 1. The Balaban J connectivity index is 1.76. The van der Waals surface area contributed by atoms with Gasteiger partial charge >= 0.3 is 0 Å². The zero-order valence-electron chi connectivity index (χ0n) is 12.5. The summed E-state index contributed by atoms with van der Waals surface area (Å²) in [5.74, 6) is 1.93. The molecule has 2 unspecified atom stereocenters. The van der Waals surface area contributed by atoms with Crippen molar-refractivity contribution in [2.45, 2.75) is 45.6 Å². The summed E-state index contributed by atoms with van der Waals surface area (Å²) in [7, 11) is 2.47. The minimum atomic E-state index is 0.725. The first-order valence-corrected chi connectivity index (χ1v) is 7.88. The van der Waals surface area contributed by atoms with Crippen LogP contribution in [0.5, 0.6) is 0 Å². The fraction of sp³-hybridized carbons (Fsp3) is 0.875. The van der Waals surface area contributed by atoms with Crippen LogP contribution in [0.4, 0.5) is 0 Å². The number of nitrogens with zero attached hydrogens (tertiary/aromatic N) is 1. The minimum absolute atomic E-state index is 0.725. The first-order chi connectivity index (χ1) is 8.67. The first-order valence-electron chi connectivity index (χ1n) is 7.88. The van der Waals surface area contributed by atoms with E-state index < -0.39 is 0 Å². The monoisotopic (exact) mass is 251 g/mol. The van der Waals surface area contributed by atoms with E-state index in [1.165, 1.54) is 56.3 Å². The van der Waals surface area contributed by atoms with Gasteiger partial charge in [0.2, 0.25) is 0 Å². The number of fused-ring (bicyclic) bond motifs is 1. The van der Waals surface area contributed by atoms with Crippen LogP contribution in [0.1, 0.15) is 39.5 Å². The van der Waals surface area contributed by atoms with Crippen molar-refractivity contribution in [2.24, 2.45) is 11.8 Å². The molecule has 1 aliphatic carbocycles. The molecular weight excluding hydrogens is 220 g/mol. The standard InChI is InChI=1S/C16H31N2/c1-4-16(5-2)17-10-11-18(3)12-14-8-6-7-9-15(14)13-18/h6-7,14-17H,4-5,8-13H2,1-3H3/q+1. The maximum Gasteiger partial charge on any atom is 0.0911 e. The van der Waals surface area contributed by atoms with Gasteiger partial charge in [-0.05, 0) is 25.7 Å². The summed E-state index contributed by atoms with van der Waals surface area (Å²) in [5.41, 5.74) is 0. The molecule has 2 heteroatoms. The highest BCUT2D eigenvalue weighted by Crippen LogP contribution is 2.35. The molecule has 0 bridgehead atoms. The van der Waals surface area contributed by atoms with Crippen LogP contribution in [0.3, 0.4) is 0 Å². The predicted molar refractivity (Wildman–Crippen MR) is 78.5 cm³/mol. The Kier molecular flexibility index (Phi) is 4.85. The van der Waals surface area contributed by atoms with E-state index in [2.05, 4.69) is 38.4 Å². The van der Waals surface area contributed by atoms with Crippen molar-refractivity contribution in [3.63, 3.8) is 0 Å². The fourth-order valence-corrected chi connectivity index (χ4v) is 3.88.